The molecule has 7 rings (SSSR count). The number of allylic oxidation sites excluding steroid dienone is 1. The first-order chi connectivity index (χ1) is 27.5. The molecule has 0 radical (unpaired) electrons. The highest BCUT2D eigenvalue weighted by molar-refractivity contribution is 5.98. The molecule has 3 amide bonds. The van der Waals surface area contributed by atoms with Crippen molar-refractivity contribution in [2.24, 2.45) is 22.7 Å². The molecule has 0 aliphatic carbocycles. The van der Waals surface area contributed by atoms with Crippen LogP contribution in [0, 0.1) is 41.4 Å². The van der Waals surface area contributed by atoms with Crippen LogP contribution in [0.1, 0.15) is 131 Å². The molecular formula is C44H52N6O7. The van der Waals surface area contributed by atoms with E-state index >= 15 is 0 Å². The van der Waals surface area contributed by atoms with Crippen LogP contribution in [0.4, 0.5) is 4.79 Å². The van der Waals surface area contributed by atoms with Gasteiger partial charge in [0.25, 0.3) is 0 Å². The van der Waals surface area contributed by atoms with E-state index in [4.69, 9.17) is 19.2 Å². The van der Waals surface area contributed by atoms with Crippen LogP contribution >= 0.6 is 0 Å². The molecule has 1 aromatic carbocycles. The Balaban J connectivity index is 1.04. The first-order valence-electron chi connectivity index (χ1n) is 20.2. The summed E-state index contributed by atoms with van der Waals surface area (Å²) < 4.78 is 16.0. The third-order valence-electron chi connectivity index (χ3n) is 11.9. The molecule has 3 fully saturated rings. The molecule has 2 N–H and O–H groups in total. The van der Waals surface area contributed by atoms with E-state index in [0.29, 0.717) is 31.0 Å². The molecular weight excluding hydrogens is 725 g/mol. The Hall–Kier alpha value is -5.40. The monoisotopic (exact) mass is 776 g/mol. The SMILES string of the molecule is COC(=O)C[C@H](C(=O)N1CCC[C@H]1C1=NC=C(C#Cc2ccc(C#Cc3cnc([C@@H]4CCCN4C(=O)[C@@H](NC(=O)OC)C(C)C)[nH]3)c3c2C2CCC3O2)C1)C(C)C. The first kappa shape index (κ1) is 39.8. The number of hydrogen-bond donors (Lipinski definition) is 2. The van der Waals surface area contributed by atoms with Crippen LogP contribution in [0.3, 0.4) is 0 Å². The molecule has 1 aromatic heterocycles. The number of methoxy groups -OCH3 is 2. The maximum atomic E-state index is 13.7. The molecule has 5 aliphatic rings. The lowest BCUT2D eigenvalue weighted by Gasteiger charge is -2.30. The van der Waals surface area contributed by atoms with E-state index in [1.807, 2.05) is 50.9 Å². The van der Waals surface area contributed by atoms with Crippen LogP contribution in [0.2, 0.25) is 0 Å². The fraction of sp³-hybridized carbons (Fsp3) is 0.545. The molecule has 2 unspecified atom stereocenters. The standard InChI is InChI=1S/C44H52N6O7/c1-25(2)31(22-37(51)55-5)42(52)49-19-7-9-33(49)32-21-27(23-45-32)11-12-28-13-14-29(39-36-18-17-35(57-36)38(28)39)15-16-30-24-46-41(47-30)34-10-8-20-50(34)43(53)40(26(3)4)48-44(54)56-6/h13-14,23-26,31,33-36,40H,7-10,17-22H2,1-6H3,(H,46,47)(H,48,54)/t31-,33-,34-,35?,36?,40-/m0/s1. The quantitative estimate of drug-likeness (QED) is 0.244. The second-order valence-corrected chi connectivity index (χ2v) is 16.2. The number of aromatic nitrogens is 2. The zero-order valence-corrected chi connectivity index (χ0v) is 33.6. The molecule has 13 heteroatoms. The van der Waals surface area contributed by atoms with Crippen LogP contribution < -0.4 is 5.32 Å². The third-order valence-corrected chi connectivity index (χ3v) is 11.9. The van der Waals surface area contributed by atoms with Crippen molar-refractivity contribution in [1.29, 1.82) is 0 Å². The number of benzene rings is 1. The number of H-pyrrole nitrogens is 1. The molecule has 0 spiro atoms. The van der Waals surface area contributed by atoms with Crippen molar-refractivity contribution in [2.45, 2.75) is 109 Å². The second kappa shape index (κ2) is 17.0. The van der Waals surface area contributed by atoms with Crippen molar-refractivity contribution in [3.05, 3.63) is 63.9 Å². The van der Waals surface area contributed by atoms with Gasteiger partial charge in [0.05, 0.1) is 57.0 Å². The average molecular weight is 777 g/mol. The lowest BCUT2D eigenvalue weighted by Crippen LogP contribution is -2.51. The molecule has 2 aromatic rings. The average Bonchev–Trinajstić information content (AvgIpc) is 4.06. The van der Waals surface area contributed by atoms with Gasteiger partial charge in [0.2, 0.25) is 11.8 Å². The Kier molecular flexibility index (Phi) is 11.9. The van der Waals surface area contributed by atoms with E-state index in [9.17, 15) is 19.2 Å². The Labute approximate surface area is 334 Å². The number of ether oxygens (including phenoxy) is 3. The summed E-state index contributed by atoms with van der Waals surface area (Å²) in [5.74, 6) is 13.0. The summed E-state index contributed by atoms with van der Waals surface area (Å²) in [7, 11) is 2.64. The number of nitrogens with zero attached hydrogens (tertiary/aromatic N) is 4. The topological polar surface area (TPSA) is 156 Å². The van der Waals surface area contributed by atoms with E-state index in [0.717, 1.165) is 72.1 Å². The van der Waals surface area contributed by atoms with Gasteiger partial charge < -0.3 is 34.3 Å². The fourth-order valence-corrected chi connectivity index (χ4v) is 8.84. The van der Waals surface area contributed by atoms with Gasteiger partial charge in [0.1, 0.15) is 17.6 Å². The van der Waals surface area contributed by atoms with Gasteiger partial charge >= 0.3 is 12.1 Å². The fourth-order valence-electron chi connectivity index (χ4n) is 8.84. The van der Waals surface area contributed by atoms with E-state index < -0.39 is 18.1 Å². The van der Waals surface area contributed by atoms with Crippen molar-refractivity contribution in [2.75, 3.05) is 27.3 Å². The number of fused-ring (bicyclic) bond motifs is 5. The summed E-state index contributed by atoms with van der Waals surface area (Å²) in [6.45, 7) is 8.95. The highest BCUT2D eigenvalue weighted by Gasteiger charge is 2.42. The van der Waals surface area contributed by atoms with Crippen LogP contribution in [0.25, 0.3) is 0 Å². The number of aliphatic imine (C=N–C) groups is 1. The number of rotatable bonds is 9. The van der Waals surface area contributed by atoms with Crippen LogP contribution in [-0.2, 0) is 28.6 Å². The van der Waals surface area contributed by atoms with Crippen LogP contribution in [-0.4, -0.2) is 88.7 Å². The molecule has 5 aliphatic heterocycles. The number of nitrogens with one attached hydrogen (secondary N) is 2. The number of amides is 3. The minimum Gasteiger partial charge on any atom is -0.469 e. The van der Waals surface area contributed by atoms with Gasteiger partial charge in [0, 0.05) is 59.2 Å². The minimum absolute atomic E-state index is 0.00840. The molecule has 57 heavy (non-hydrogen) atoms. The largest absolute Gasteiger partial charge is 0.469 e. The van der Waals surface area contributed by atoms with Crippen molar-refractivity contribution < 1.29 is 33.4 Å². The molecule has 0 saturated carbocycles. The van der Waals surface area contributed by atoms with Gasteiger partial charge in [-0.05, 0) is 68.4 Å². The highest BCUT2D eigenvalue weighted by atomic mass is 16.5. The number of aromatic amines is 1. The van der Waals surface area contributed by atoms with Crippen LogP contribution in [0.15, 0.2) is 35.1 Å². The number of alkyl carbamates (subject to hydrolysis) is 1. The summed E-state index contributed by atoms with van der Waals surface area (Å²) in [5, 5.41) is 2.69. The maximum absolute atomic E-state index is 13.7. The van der Waals surface area contributed by atoms with Crippen molar-refractivity contribution in [3.63, 3.8) is 0 Å². The van der Waals surface area contributed by atoms with E-state index in [-0.39, 0.29) is 60.3 Å². The predicted octanol–water partition coefficient (Wildman–Crippen LogP) is 5.67. The molecule has 6 heterocycles. The number of likely N-dealkylation sites (tertiary alicyclic amines) is 2. The van der Waals surface area contributed by atoms with Crippen molar-refractivity contribution in [3.8, 4) is 23.7 Å². The molecule has 6 atom stereocenters. The highest BCUT2D eigenvalue weighted by Crippen LogP contribution is 2.52. The normalized spacial score (nSPS) is 22.9. The molecule has 3 saturated heterocycles. The lowest BCUT2D eigenvalue weighted by atomic mass is 9.85. The second-order valence-electron chi connectivity index (χ2n) is 16.2. The zero-order valence-electron chi connectivity index (χ0n) is 33.6. The smallest absolute Gasteiger partial charge is 0.407 e. The Bertz CT molecular complexity index is 2110. The lowest BCUT2D eigenvalue weighted by molar-refractivity contribution is -0.148. The van der Waals surface area contributed by atoms with Gasteiger partial charge in [-0.3, -0.25) is 19.4 Å². The maximum Gasteiger partial charge on any atom is 0.407 e. The van der Waals surface area contributed by atoms with E-state index in [1.54, 1.807) is 11.1 Å². The van der Waals surface area contributed by atoms with Gasteiger partial charge in [-0.15, -0.1) is 0 Å². The number of carbonyl (C=O) groups is 4. The molecule has 300 valence electrons. The third kappa shape index (κ3) is 8.22. The number of carbonyl (C=O) groups excluding carboxylic acids is 4. The molecule has 13 nitrogen and oxygen atoms in total. The summed E-state index contributed by atoms with van der Waals surface area (Å²) in [5.41, 5.74) is 6.51. The Morgan fingerprint density at radius 2 is 1.51 bits per heavy atom. The minimum atomic E-state index is -0.704. The van der Waals surface area contributed by atoms with Crippen LogP contribution in [0.5, 0.6) is 0 Å². The van der Waals surface area contributed by atoms with E-state index in [2.05, 4.69) is 39.0 Å². The summed E-state index contributed by atoms with van der Waals surface area (Å²) in [6, 6.07) is 2.99. The van der Waals surface area contributed by atoms with E-state index in [1.165, 1.54) is 14.2 Å². The van der Waals surface area contributed by atoms with Gasteiger partial charge in [-0.2, -0.15) is 0 Å². The number of imidazole rings is 1. The number of hydrogen-bond acceptors (Lipinski definition) is 9. The Morgan fingerprint density at radius 3 is 2.14 bits per heavy atom. The Morgan fingerprint density at radius 1 is 0.860 bits per heavy atom. The summed E-state index contributed by atoms with van der Waals surface area (Å²) in [6.07, 6.45) is 8.68. The summed E-state index contributed by atoms with van der Waals surface area (Å²) >= 11 is 0. The van der Waals surface area contributed by atoms with Crippen molar-refractivity contribution in [1.82, 2.24) is 25.1 Å². The summed E-state index contributed by atoms with van der Waals surface area (Å²) in [4.78, 5) is 67.7. The van der Waals surface area contributed by atoms with Gasteiger partial charge in [-0.25, -0.2) is 9.78 Å². The molecule has 2 bridgehead atoms. The van der Waals surface area contributed by atoms with Gasteiger partial charge in [-0.1, -0.05) is 45.5 Å². The number of esters is 1. The van der Waals surface area contributed by atoms with Crippen molar-refractivity contribution >= 4 is 29.6 Å². The van der Waals surface area contributed by atoms with Gasteiger partial charge in [0.15, 0.2) is 0 Å². The first-order valence-corrected chi connectivity index (χ1v) is 20.2. The zero-order chi connectivity index (χ0) is 40.4. The predicted molar refractivity (Wildman–Crippen MR) is 211 cm³/mol.